The fraction of sp³-hybridized carbons (Fsp3) is 0.0714. The Hall–Kier alpha value is -2.96. The molecule has 0 atom stereocenters. The van der Waals surface area contributed by atoms with Gasteiger partial charge in [-0.1, -0.05) is 0 Å². The van der Waals surface area contributed by atoms with Gasteiger partial charge in [-0.2, -0.15) is 0 Å². The zero-order valence-corrected chi connectivity index (χ0v) is 11.0. The number of carbonyl (C=O) groups is 2. The van der Waals surface area contributed by atoms with Crippen LogP contribution in [0, 0.1) is 5.82 Å². The highest BCUT2D eigenvalue weighted by Crippen LogP contribution is 2.19. The molecule has 0 saturated carbocycles. The molecule has 0 aliphatic carbocycles. The normalized spacial score (nSPS) is 10.0. The molecule has 0 radical (unpaired) electrons. The average molecular weight is 290 g/mol. The molecule has 0 saturated heterocycles. The molecule has 6 nitrogen and oxygen atoms in total. The molecule has 0 bridgehead atoms. The Bertz CT molecular complexity index is 703. The second-order valence-electron chi connectivity index (χ2n) is 4.03. The summed E-state index contributed by atoms with van der Waals surface area (Å²) in [6.45, 7) is 0. The fourth-order valence-corrected chi connectivity index (χ4v) is 1.68. The average Bonchev–Trinajstić information content (AvgIpc) is 2.47. The van der Waals surface area contributed by atoms with E-state index in [1.165, 1.54) is 37.7 Å². The number of carbonyl (C=O) groups excluding carboxylic acids is 1. The Labute approximate surface area is 119 Å². The van der Waals surface area contributed by atoms with Crippen LogP contribution in [0.4, 0.5) is 10.1 Å². The molecular weight excluding hydrogens is 279 g/mol. The Morgan fingerprint density at radius 2 is 2.10 bits per heavy atom. The lowest BCUT2D eigenvalue weighted by Gasteiger charge is -2.08. The molecule has 108 valence electrons. The van der Waals surface area contributed by atoms with Gasteiger partial charge in [0.15, 0.2) is 11.6 Å². The first-order valence-corrected chi connectivity index (χ1v) is 5.85. The molecule has 1 aromatic heterocycles. The van der Waals surface area contributed by atoms with E-state index in [4.69, 9.17) is 9.84 Å². The van der Waals surface area contributed by atoms with Crippen molar-refractivity contribution in [3.8, 4) is 5.75 Å². The first-order chi connectivity index (χ1) is 10.0. The summed E-state index contributed by atoms with van der Waals surface area (Å²) in [7, 11) is 1.31. The second-order valence-corrected chi connectivity index (χ2v) is 4.03. The zero-order valence-electron chi connectivity index (χ0n) is 11.0. The number of nitrogens with zero attached hydrogens (tertiary/aromatic N) is 1. The number of aromatic nitrogens is 1. The maximum atomic E-state index is 13.5. The molecule has 21 heavy (non-hydrogen) atoms. The van der Waals surface area contributed by atoms with E-state index >= 15 is 0 Å². The van der Waals surface area contributed by atoms with Gasteiger partial charge < -0.3 is 15.2 Å². The van der Waals surface area contributed by atoms with Crippen LogP contribution in [0.15, 0.2) is 36.7 Å². The fourth-order valence-electron chi connectivity index (χ4n) is 1.68. The van der Waals surface area contributed by atoms with Gasteiger partial charge >= 0.3 is 5.97 Å². The summed E-state index contributed by atoms with van der Waals surface area (Å²) < 4.78 is 18.3. The maximum Gasteiger partial charge on any atom is 0.337 e. The molecular formula is C14H11FN2O4. The summed E-state index contributed by atoms with van der Waals surface area (Å²) in [6, 6.07) is 4.94. The number of amides is 1. The Balaban J connectivity index is 2.26. The summed E-state index contributed by atoms with van der Waals surface area (Å²) in [5.74, 6) is -2.52. The predicted molar refractivity (Wildman–Crippen MR) is 72.1 cm³/mol. The van der Waals surface area contributed by atoms with Crippen molar-refractivity contribution < 1.29 is 23.8 Å². The number of anilines is 1. The molecule has 2 rings (SSSR count). The molecule has 1 aromatic carbocycles. The van der Waals surface area contributed by atoms with Crippen molar-refractivity contribution in [1.29, 1.82) is 0 Å². The van der Waals surface area contributed by atoms with Crippen molar-refractivity contribution in [1.82, 2.24) is 4.98 Å². The standard InChI is InChI=1S/C14H11FN2O4/c1-21-12-3-2-8(6-10(12)15)13(18)17-11-7-16-5-4-9(11)14(19)20/h2-7H,1H3,(H,17,18)(H,19,20). The topological polar surface area (TPSA) is 88.5 Å². The minimum atomic E-state index is -1.20. The van der Waals surface area contributed by atoms with Crippen LogP contribution in [0.2, 0.25) is 0 Å². The van der Waals surface area contributed by atoms with Crippen molar-refractivity contribution >= 4 is 17.6 Å². The number of nitrogens with one attached hydrogen (secondary N) is 1. The lowest BCUT2D eigenvalue weighted by atomic mass is 10.1. The summed E-state index contributed by atoms with van der Waals surface area (Å²) in [5, 5.41) is 11.4. The molecule has 0 aliphatic heterocycles. The minimum Gasteiger partial charge on any atom is -0.494 e. The van der Waals surface area contributed by atoms with Crippen LogP contribution in [0.3, 0.4) is 0 Å². The first kappa shape index (κ1) is 14.4. The molecule has 2 aromatic rings. The number of carboxylic acids is 1. The number of methoxy groups -OCH3 is 1. The first-order valence-electron chi connectivity index (χ1n) is 5.85. The van der Waals surface area contributed by atoms with Crippen LogP contribution < -0.4 is 10.1 Å². The van der Waals surface area contributed by atoms with Crippen molar-refractivity contribution in [3.63, 3.8) is 0 Å². The summed E-state index contributed by atoms with van der Waals surface area (Å²) in [5.41, 5.74) is -0.0351. The van der Waals surface area contributed by atoms with Gasteiger partial charge in [-0.15, -0.1) is 0 Å². The van der Waals surface area contributed by atoms with E-state index in [0.717, 1.165) is 6.07 Å². The largest absolute Gasteiger partial charge is 0.494 e. The van der Waals surface area contributed by atoms with Crippen molar-refractivity contribution in [3.05, 3.63) is 53.6 Å². The van der Waals surface area contributed by atoms with E-state index in [1.54, 1.807) is 0 Å². The number of hydrogen-bond donors (Lipinski definition) is 2. The van der Waals surface area contributed by atoms with Gasteiger partial charge in [-0.25, -0.2) is 9.18 Å². The highest BCUT2D eigenvalue weighted by atomic mass is 19.1. The maximum absolute atomic E-state index is 13.5. The van der Waals surface area contributed by atoms with Gasteiger partial charge in [0.05, 0.1) is 24.6 Å². The SMILES string of the molecule is COc1ccc(C(=O)Nc2cnccc2C(=O)O)cc1F. The van der Waals surface area contributed by atoms with Gasteiger partial charge in [0, 0.05) is 11.8 Å². The van der Waals surface area contributed by atoms with E-state index in [1.807, 2.05) is 0 Å². The Kier molecular flexibility index (Phi) is 4.13. The highest BCUT2D eigenvalue weighted by molar-refractivity contribution is 6.07. The van der Waals surface area contributed by atoms with Crippen molar-refractivity contribution in [2.24, 2.45) is 0 Å². The Morgan fingerprint density at radius 1 is 1.33 bits per heavy atom. The second kappa shape index (κ2) is 6.00. The van der Waals surface area contributed by atoms with Gasteiger partial charge in [-0.05, 0) is 24.3 Å². The van der Waals surface area contributed by atoms with E-state index in [9.17, 15) is 14.0 Å². The lowest BCUT2D eigenvalue weighted by molar-refractivity contribution is 0.0698. The third kappa shape index (κ3) is 3.14. The molecule has 1 amide bonds. The number of pyridine rings is 1. The monoisotopic (exact) mass is 290 g/mol. The number of rotatable bonds is 4. The third-order valence-corrected chi connectivity index (χ3v) is 2.71. The van der Waals surface area contributed by atoms with Crippen molar-refractivity contribution in [2.45, 2.75) is 0 Å². The van der Waals surface area contributed by atoms with Gasteiger partial charge in [-0.3, -0.25) is 9.78 Å². The van der Waals surface area contributed by atoms with Gasteiger partial charge in [0.2, 0.25) is 0 Å². The van der Waals surface area contributed by atoms with E-state index in [-0.39, 0.29) is 22.6 Å². The number of benzene rings is 1. The zero-order chi connectivity index (χ0) is 15.4. The highest BCUT2D eigenvalue weighted by Gasteiger charge is 2.15. The number of carboxylic acid groups (broad SMARTS) is 1. The van der Waals surface area contributed by atoms with E-state index < -0.39 is 17.7 Å². The third-order valence-electron chi connectivity index (χ3n) is 2.71. The number of halogens is 1. The predicted octanol–water partition coefficient (Wildman–Crippen LogP) is 2.18. The number of aromatic carboxylic acids is 1. The van der Waals surface area contributed by atoms with E-state index in [0.29, 0.717) is 0 Å². The number of ether oxygens (including phenoxy) is 1. The molecule has 0 unspecified atom stereocenters. The molecule has 0 spiro atoms. The smallest absolute Gasteiger partial charge is 0.337 e. The molecule has 2 N–H and O–H groups in total. The van der Waals surface area contributed by atoms with Crippen molar-refractivity contribution in [2.75, 3.05) is 12.4 Å². The van der Waals surface area contributed by atoms with E-state index in [2.05, 4.69) is 10.3 Å². The van der Waals surface area contributed by atoms with Crippen LogP contribution in [0.1, 0.15) is 20.7 Å². The minimum absolute atomic E-state index is 0.0131. The summed E-state index contributed by atoms with van der Waals surface area (Å²) >= 11 is 0. The summed E-state index contributed by atoms with van der Waals surface area (Å²) in [4.78, 5) is 26.8. The van der Waals surface area contributed by atoms with Crippen LogP contribution >= 0.6 is 0 Å². The van der Waals surface area contributed by atoms with Gasteiger partial charge in [0.25, 0.3) is 5.91 Å². The summed E-state index contributed by atoms with van der Waals surface area (Å²) in [6.07, 6.45) is 2.51. The quantitative estimate of drug-likeness (QED) is 0.901. The molecule has 1 heterocycles. The molecule has 0 aliphatic rings. The molecule has 0 fully saturated rings. The van der Waals surface area contributed by atoms with Gasteiger partial charge in [0.1, 0.15) is 0 Å². The van der Waals surface area contributed by atoms with Crippen LogP contribution in [-0.4, -0.2) is 29.1 Å². The van der Waals surface area contributed by atoms with Crippen LogP contribution in [0.25, 0.3) is 0 Å². The number of hydrogen-bond acceptors (Lipinski definition) is 4. The lowest BCUT2D eigenvalue weighted by Crippen LogP contribution is -2.15. The molecule has 7 heteroatoms. The Morgan fingerprint density at radius 3 is 2.71 bits per heavy atom. The van der Waals surface area contributed by atoms with Crippen LogP contribution in [0.5, 0.6) is 5.75 Å². The van der Waals surface area contributed by atoms with Crippen LogP contribution in [-0.2, 0) is 0 Å².